The van der Waals surface area contributed by atoms with Crippen molar-refractivity contribution in [1.82, 2.24) is 35.1 Å². The van der Waals surface area contributed by atoms with Crippen LogP contribution in [-0.2, 0) is 24.0 Å². The fraction of sp³-hybridized carbons (Fsp3) is 0.828. The lowest BCUT2D eigenvalue weighted by atomic mass is 10.0. The highest BCUT2D eigenvalue weighted by Gasteiger charge is 2.24. The fourth-order valence-corrected chi connectivity index (χ4v) is 5.30. The zero-order valence-corrected chi connectivity index (χ0v) is 26.6. The van der Waals surface area contributed by atoms with E-state index in [0.717, 1.165) is 58.6 Å². The molecule has 0 aliphatic carbocycles. The molecule has 0 unspecified atom stereocenters. The van der Waals surface area contributed by atoms with E-state index < -0.39 is 11.9 Å². The highest BCUT2D eigenvalue weighted by Crippen LogP contribution is 2.10. The van der Waals surface area contributed by atoms with Crippen LogP contribution in [0.1, 0.15) is 39.0 Å². The van der Waals surface area contributed by atoms with Crippen LogP contribution in [0.2, 0.25) is 0 Å². The van der Waals surface area contributed by atoms with Crippen LogP contribution in [-0.4, -0.2) is 188 Å². The van der Waals surface area contributed by atoms with E-state index in [-0.39, 0.29) is 44.0 Å². The van der Waals surface area contributed by atoms with Gasteiger partial charge in [-0.2, -0.15) is 0 Å². The van der Waals surface area contributed by atoms with Gasteiger partial charge in [0.25, 0.3) is 0 Å². The monoisotopic (exact) mass is 629 g/mol. The molecule has 2 amide bonds. The quantitative estimate of drug-likeness (QED) is 0.0997. The highest BCUT2D eigenvalue weighted by atomic mass is 16.4. The number of amides is 2. The third-order valence-electron chi connectivity index (χ3n) is 7.77. The number of aliphatic carboxylic acids is 2. The van der Waals surface area contributed by atoms with E-state index >= 15 is 0 Å². The van der Waals surface area contributed by atoms with Gasteiger partial charge in [-0.1, -0.05) is 19.8 Å². The van der Waals surface area contributed by atoms with Gasteiger partial charge in [-0.15, -0.1) is 0 Å². The molecule has 0 saturated carbocycles. The van der Waals surface area contributed by atoms with E-state index in [0.29, 0.717) is 65.4 Å². The molecule has 2 saturated heterocycles. The van der Waals surface area contributed by atoms with Crippen LogP contribution in [0.25, 0.3) is 0 Å². The summed E-state index contributed by atoms with van der Waals surface area (Å²) in [5.74, 6) is -1.97. The first-order chi connectivity index (χ1) is 21.2. The molecule has 0 aromatic heterocycles. The molecular formula is C29H55N7O8. The number of carbonyl (C=O) groups excluding carboxylic acids is 3. The first-order valence-electron chi connectivity index (χ1n) is 15.7. The molecule has 0 radical (unpaired) electrons. The maximum Gasteiger partial charge on any atom is 0.317 e. The zero-order chi connectivity index (χ0) is 32.7. The molecule has 2 aliphatic heterocycles. The van der Waals surface area contributed by atoms with Gasteiger partial charge in [0, 0.05) is 85.1 Å². The largest absolute Gasteiger partial charge is 0.480 e. The van der Waals surface area contributed by atoms with Crippen molar-refractivity contribution >= 4 is 30.0 Å². The molecule has 15 nitrogen and oxygen atoms in total. The molecule has 15 heteroatoms. The third-order valence-corrected chi connectivity index (χ3v) is 7.77. The Hall–Kier alpha value is -2.69. The molecule has 44 heavy (non-hydrogen) atoms. The minimum atomic E-state index is -0.943. The minimum absolute atomic E-state index is 0.0182. The van der Waals surface area contributed by atoms with Gasteiger partial charge in [-0.25, -0.2) is 0 Å². The Morgan fingerprint density at radius 3 is 1.55 bits per heavy atom. The topological polar surface area (TPSA) is 186 Å². The van der Waals surface area contributed by atoms with Crippen LogP contribution in [0.15, 0.2) is 0 Å². The number of rotatable bonds is 15. The van der Waals surface area contributed by atoms with Crippen molar-refractivity contribution in [3.05, 3.63) is 0 Å². The number of aldehydes is 1. The second-order valence-electron chi connectivity index (χ2n) is 11.3. The number of likely N-dealkylation sites (tertiary alicyclic amines) is 1. The number of carbonyl (C=O) groups is 5. The van der Waals surface area contributed by atoms with Crippen molar-refractivity contribution in [1.29, 1.82) is 0 Å². The van der Waals surface area contributed by atoms with Crippen molar-refractivity contribution in [3.8, 4) is 0 Å². The normalized spacial score (nSPS) is 19.1. The summed E-state index contributed by atoms with van der Waals surface area (Å²) in [6, 6.07) is 0.0182. The Labute approximate surface area is 261 Å². The first-order valence-corrected chi connectivity index (χ1v) is 15.7. The number of nitrogens with zero attached hydrogens (tertiary/aromatic N) is 5. The summed E-state index contributed by atoms with van der Waals surface area (Å²) in [6.07, 6.45) is 5.51. The molecule has 2 aliphatic rings. The number of carboxylic acid groups (broad SMARTS) is 2. The average Bonchev–Trinajstić information content (AvgIpc) is 2.98. The zero-order valence-electron chi connectivity index (χ0n) is 26.6. The number of aliphatic hydroxyl groups excluding tert-OH is 1. The Morgan fingerprint density at radius 2 is 1.09 bits per heavy atom. The highest BCUT2D eigenvalue weighted by molar-refractivity contribution is 5.78. The van der Waals surface area contributed by atoms with Gasteiger partial charge in [-0.3, -0.25) is 43.7 Å². The lowest BCUT2D eigenvalue weighted by Crippen LogP contribution is -2.51. The van der Waals surface area contributed by atoms with E-state index in [9.17, 15) is 34.2 Å². The Bertz CT molecular complexity index is 826. The molecule has 2 heterocycles. The summed E-state index contributed by atoms with van der Waals surface area (Å²) in [7, 11) is 1.00. The van der Waals surface area contributed by atoms with Crippen LogP contribution >= 0.6 is 0 Å². The van der Waals surface area contributed by atoms with Gasteiger partial charge >= 0.3 is 11.9 Å². The van der Waals surface area contributed by atoms with Crippen LogP contribution in [0.3, 0.4) is 0 Å². The Kier molecular flexibility index (Phi) is 21.2. The molecule has 254 valence electrons. The second-order valence-corrected chi connectivity index (χ2v) is 11.3. The number of unbranched alkanes of at least 4 members (excludes halogenated alkanes) is 2. The molecule has 2 rings (SSSR count). The smallest absolute Gasteiger partial charge is 0.317 e. The molecular weight excluding hydrogens is 574 g/mol. The summed E-state index contributed by atoms with van der Waals surface area (Å²) in [5, 5.41) is 31.9. The Morgan fingerprint density at radius 1 is 0.659 bits per heavy atom. The predicted octanol–water partition coefficient (Wildman–Crippen LogP) is -1.93. The second kappa shape index (κ2) is 23.7. The number of hydrogen-bond donors (Lipinski definition) is 5. The number of aliphatic hydroxyl groups is 1. The van der Waals surface area contributed by atoms with Crippen molar-refractivity contribution in [2.24, 2.45) is 0 Å². The molecule has 0 spiro atoms. The summed E-state index contributed by atoms with van der Waals surface area (Å²) < 4.78 is 0. The van der Waals surface area contributed by atoms with Gasteiger partial charge in [0.05, 0.1) is 32.7 Å². The standard InChI is InChI=1S/C28H51N7O7.CH4O/c1-2-3-4-7-29-25(37)20-32-8-5-24(6-9-32)30-26(38)21-33-14-16-34(22-27(39)40)12-10-31(18-19-36)11-13-35(17-15-33)23-28(41)42;1-2/h19,24H,2-18,20-23H2,1H3,(H,29,37)(H,30,38)(H,39,40)(H,41,42);2H,1H3. The number of piperidine rings is 1. The van der Waals surface area contributed by atoms with Crippen molar-refractivity contribution in [3.63, 3.8) is 0 Å². The van der Waals surface area contributed by atoms with Crippen molar-refractivity contribution in [2.45, 2.75) is 45.1 Å². The number of carboxylic acids is 2. The van der Waals surface area contributed by atoms with Crippen LogP contribution in [0.4, 0.5) is 0 Å². The summed E-state index contributed by atoms with van der Waals surface area (Å²) in [5.41, 5.74) is 0. The van der Waals surface area contributed by atoms with Crippen molar-refractivity contribution in [2.75, 3.05) is 112 Å². The fourth-order valence-electron chi connectivity index (χ4n) is 5.30. The Balaban J connectivity index is 0.00000474. The number of hydrogen-bond acceptors (Lipinski definition) is 11. The third kappa shape index (κ3) is 18.2. The van der Waals surface area contributed by atoms with E-state index in [1.165, 1.54) is 0 Å². The van der Waals surface area contributed by atoms with E-state index in [4.69, 9.17) is 5.11 Å². The van der Waals surface area contributed by atoms with Gasteiger partial charge in [-0.05, 0) is 19.3 Å². The molecule has 0 bridgehead atoms. The van der Waals surface area contributed by atoms with Crippen LogP contribution < -0.4 is 10.6 Å². The van der Waals surface area contributed by atoms with Crippen molar-refractivity contribution < 1.29 is 39.3 Å². The van der Waals surface area contributed by atoms with E-state index in [1.54, 1.807) is 9.80 Å². The molecule has 0 aromatic carbocycles. The maximum absolute atomic E-state index is 13.0. The summed E-state index contributed by atoms with van der Waals surface area (Å²) in [4.78, 5) is 68.8. The maximum atomic E-state index is 13.0. The lowest BCUT2D eigenvalue weighted by Gasteiger charge is -2.34. The lowest BCUT2D eigenvalue weighted by molar-refractivity contribution is -0.139. The van der Waals surface area contributed by atoms with Crippen LogP contribution in [0.5, 0.6) is 0 Å². The average molecular weight is 630 g/mol. The van der Waals surface area contributed by atoms with Gasteiger partial charge in [0.1, 0.15) is 6.29 Å². The van der Waals surface area contributed by atoms with Gasteiger partial charge in [0.2, 0.25) is 11.8 Å². The first kappa shape index (κ1) is 39.3. The molecule has 2 fully saturated rings. The minimum Gasteiger partial charge on any atom is -0.480 e. The summed E-state index contributed by atoms with van der Waals surface area (Å²) in [6.45, 7) is 8.26. The summed E-state index contributed by atoms with van der Waals surface area (Å²) >= 11 is 0. The van der Waals surface area contributed by atoms with Gasteiger partial charge in [0.15, 0.2) is 0 Å². The number of nitrogens with one attached hydrogen (secondary N) is 2. The predicted molar refractivity (Wildman–Crippen MR) is 165 cm³/mol. The van der Waals surface area contributed by atoms with Crippen LogP contribution in [0, 0.1) is 0 Å². The van der Waals surface area contributed by atoms with E-state index in [2.05, 4.69) is 22.5 Å². The molecule has 0 aromatic rings. The molecule has 0 atom stereocenters. The van der Waals surface area contributed by atoms with Gasteiger partial charge < -0.3 is 30.7 Å². The molecule has 5 N–H and O–H groups in total. The SMILES string of the molecule is CCCCCNC(=O)CN1CCC(NC(=O)CN2CCN(CC(=O)O)CCN(CC=O)CCN(CC(=O)O)CC2)CC1.CO. The van der Waals surface area contributed by atoms with E-state index in [1.807, 2.05) is 9.80 Å².